The lowest BCUT2D eigenvalue weighted by atomic mass is 10.0. The van der Waals surface area contributed by atoms with Gasteiger partial charge >= 0.3 is 11.9 Å². The van der Waals surface area contributed by atoms with Gasteiger partial charge in [0.2, 0.25) is 0 Å². The number of esters is 2. The van der Waals surface area contributed by atoms with Crippen molar-refractivity contribution in [2.45, 2.75) is 174 Å². The molecule has 3 atom stereocenters. The van der Waals surface area contributed by atoms with Crippen molar-refractivity contribution in [3.05, 3.63) is 48.6 Å². The van der Waals surface area contributed by atoms with E-state index in [1.807, 2.05) is 34.1 Å². The molecule has 0 saturated carbocycles. The van der Waals surface area contributed by atoms with Crippen LogP contribution in [0.25, 0.3) is 0 Å². The van der Waals surface area contributed by atoms with Gasteiger partial charge in [-0.1, -0.05) is 140 Å². The zero-order chi connectivity index (χ0) is 40.9. The summed E-state index contributed by atoms with van der Waals surface area (Å²) in [6.07, 6.45) is 38.0. The fourth-order valence-electron chi connectivity index (χ4n) is 5.45. The standard InChI is InChI=1S/C44H80NO9P/c1-6-8-9-10-11-12-13-16-20-23-26-29-32-35-43(47)51-39-42(40-53-55(49,50)52-38-37-45(3,4)5)54-44(48)36-33-30-27-24-21-18-15-14-17-19-22-25-28-31-34-41(46)7-2/h15,17-19,24-25,27-28,41-42,46H,6-14,16,20-23,26,29-40H2,1-5H3/b18-15-,19-17-,27-24-,28-25-/t41-,42-/m1/s1. The third-order valence-corrected chi connectivity index (χ3v) is 9.98. The topological polar surface area (TPSA) is 131 Å². The highest BCUT2D eigenvalue weighted by atomic mass is 31.2. The van der Waals surface area contributed by atoms with Gasteiger partial charge in [-0.25, -0.2) is 0 Å². The van der Waals surface area contributed by atoms with Crippen LogP contribution in [0.15, 0.2) is 48.6 Å². The van der Waals surface area contributed by atoms with Crippen molar-refractivity contribution < 1.29 is 47.2 Å². The van der Waals surface area contributed by atoms with E-state index in [1.54, 1.807) is 0 Å². The Labute approximate surface area is 336 Å². The summed E-state index contributed by atoms with van der Waals surface area (Å²) in [4.78, 5) is 37.4. The molecule has 11 heteroatoms. The number of rotatable bonds is 38. The molecule has 320 valence electrons. The Hall–Kier alpha value is -2.07. The number of nitrogens with zero attached hydrogens (tertiary/aromatic N) is 1. The molecule has 0 saturated heterocycles. The molecular formula is C44H80NO9P. The largest absolute Gasteiger partial charge is 0.756 e. The maximum absolute atomic E-state index is 12.6. The van der Waals surface area contributed by atoms with Crippen molar-refractivity contribution in [2.75, 3.05) is 47.5 Å². The fraction of sp³-hybridized carbons (Fsp3) is 0.773. The minimum Gasteiger partial charge on any atom is -0.756 e. The molecule has 0 fully saturated rings. The molecule has 0 aromatic rings. The fourth-order valence-corrected chi connectivity index (χ4v) is 6.18. The molecule has 0 heterocycles. The first-order chi connectivity index (χ1) is 26.4. The van der Waals surface area contributed by atoms with Gasteiger partial charge in [-0.2, -0.15) is 0 Å². The van der Waals surface area contributed by atoms with E-state index in [2.05, 4.69) is 49.5 Å². The van der Waals surface area contributed by atoms with Crippen molar-refractivity contribution in [1.82, 2.24) is 0 Å². The molecule has 0 bridgehead atoms. The van der Waals surface area contributed by atoms with Gasteiger partial charge in [0.1, 0.15) is 19.8 Å². The van der Waals surface area contributed by atoms with E-state index in [0.717, 1.165) is 57.8 Å². The lowest BCUT2D eigenvalue weighted by Crippen LogP contribution is -2.37. The van der Waals surface area contributed by atoms with Gasteiger partial charge in [0.15, 0.2) is 6.10 Å². The van der Waals surface area contributed by atoms with Crippen molar-refractivity contribution in [3.8, 4) is 0 Å². The molecule has 0 aliphatic heterocycles. The molecule has 0 aliphatic rings. The van der Waals surface area contributed by atoms with Gasteiger partial charge in [-0.15, -0.1) is 0 Å². The normalized spacial score (nSPS) is 14.7. The van der Waals surface area contributed by atoms with Crippen LogP contribution in [0.1, 0.15) is 162 Å². The smallest absolute Gasteiger partial charge is 0.306 e. The molecular weight excluding hydrogens is 717 g/mol. The van der Waals surface area contributed by atoms with Crippen LogP contribution < -0.4 is 4.89 Å². The Morgan fingerprint density at radius 3 is 1.67 bits per heavy atom. The molecule has 10 nitrogen and oxygen atoms in total. The first kappa shape index (κ1) is 52.9. The summed E-state index contributed by atoms with van der Waals surface area (Å²) in [5.41, 5.74) is 0. The van der Waals surface area contributed by atoms with Gasteiger partial charge in [0.05, 0.1) is 33.9 Å². The van der Waals surface area contributed by atoms with Gasteiger partial charge in [-0.05, 0) is 57.8 Å². The number of phosphoric acid groups is 1. The lowest BCUT2D eigenvalue weighted by molar-refractivity contribution is -0.870. The first-order valence-electron chi connectivity index (χ1n) is 21.4. The first-order valence-corrected chi connectivity index (χ1v) is 22.9. The maximum Gasteiger partial charge on any atom is 0.306 e. The number of quaternary nitrogens is 1. The van der Waals surface area contributed by atoms with Crippen LogP contribution in [-0.2, 0) is 32.7 Å². The molecule has 0 aromatic heterocycles. The monoisotopic (exact) mass is 798 g/mol. The van der Waals surface area contributed by atoms with E-state index in [-0.39, 0.29) is 32.2 Å². The summed E-state index contributed by atoms with van der Waals surface area (Å²) < 4.78 is 33.8. The van der Waals surface area contributed by atoms with E-state index >= 15 is 0 Å². The molecule has 1 N–H and O–H groups in total. The second-order valence-electron chi connectivity index (χ2n) is 15.5. The molecule has 0 rings (SSSR count). The van der Waals surface area contributed by atoms with Crippen molar-refractivity contribution in [1.29, 1.82) is 0 Å². The number of unbranched alkanes of at least 4 members (excludes halogenated alkanes) is 13. The highest BCUT2D eigenvalue weighted by Gasteiger charge is 2.21. The van der Waals surface area contributed by atoms with Gasteiger partial charge in [-0.3, -0.25) is 14.2 Å². The zero-order valence-corrected chi connectivity index (χ0v) is 36.4. The summed E-state index contributed by atoms with van der Waals surface area (Å²) in [6.45, 7) is 3.86. The quantitative estimate of drug-likeness (QED) is 0.0213. The Bertz CT molecular complexity index is 1100. The molecule has 1 unspecified atom stereocenters. The Morgan fingerprint density at radius 2 is 1.15 bits per heavy atom. The third kappa shape index (κ3) is 39.9. The summed E-state index contributed by atoms with van der Waals surface area (Å²) >= 11 is 0. The van der Waals surface area contributed by atoms with E-state index in [0.29, 0.717) is 23.9 Å². The molecule has 0 amide bonds. The van der Waals surface area contributed by atoms with Crippen LogP contribution in [0.2, 0.25) is 0 Å². The second-order valence-corrected chi connectivity index (χ2v) is 16.9. The predicted octanol–water partition coefficient (Wildman–Crippen LogP) is 10.2. The van der Waals surface area contributed by atoms with Gasteiger partial charge < -0.3 is 33.0 Å². The van der Waals surface area contributed by atoms with Crippen molar-refractivity contribution in [2.24, 2.45) is 0 Å². The molecule has 55 heavy (non-hydrogen) atoms. The maximum atomic E-state index is 12.6. The van der Waals surface area contributed by atoms with Crippen LogP contribution in [0, 0.1) is 0 Å². The van der Waals surface area contributed by atoms with Crippen LogP contribution in [0.5, 0.6) is 0 Å². The zero-order valence-electron chi connectivity index (χ0n) is 35.5. The number of allylic oxidation sites excluding steroid dienone is 8. The number of phosphoric ester groups is 1. The number of carbonyl (C=O) groups is 2. The summed E-state index contributed by atoms with van der Waals surface area (Å²) in [5.74, 6) is -0.919. The van der Waals surface area contributed by atoms with Crippen LogP contribution in [0.4, 0.5) is 0 Å². The number of aliphatic hydroxyl groups excluding tert-OH is 1. The van der Waals surface area contributed by atoms with Crippen LogP contribution >= 0.6 is 7.82 Å². The minimum absolute atomic E-state index is 0.0477. The number of hydrogen-bond acceptors (Lipinski definition) is 9. The summed E-state index contributed by atoms with van der Waals surface area (Å²) in [5, 5.41) is 9.56. The van der Waals surface area contributed by atoms with E-state index in [9.17, 15) is 24.2 Å². The van der Waals surface area contributed by atoms with Gasteiger partial charge in [0.25, 0.3) is 7.82 Å². The Morgan fingerprint density at radius 1 is 0.655 bits per heavy atom. The highest BCUT2D eigenvalue weighted by molar-refractivity contribution is 7.45. The van der Waals surface area contributed by atoms with E-state index in [1.165, 1.54) is 64.2 Å². The highest BCUT2D eigenvalue weighted by Crippen LogP contribution is 2.38. The average Bonchev–Trinajstić information content (AvgIpc) is 3.13. The minimum atomic E-state index is -4.64. The number of likely N-dealkylation sites (N-methyl/N-ethyl adjacent to an activating group) is 1. The third-order valence-electron chi connectivity index (χ3n) is 9.02. The summed E-state index contributed by atoms with van der Waals surface area (Å²) in [7, 11) is 1.11. The second kappa shape index (κ2) is 36.3. The molecule has 0 spiro atoms. The molecule has 0 aliphatic carbocycles. The number of ether oxygens (including phenoxy) is 2. The van der Waals surface area contributed by atoms with Crippen molar-refractivity contribution in [3.63, 3.8) is 0 Å². The number of carbonyl (C=O) groups excluding carboxylic acids is 2. The van der Waals surface area contributed by atoms with Crippen molar-refractivity contribution >= 4 is 19.8 Å². The number of aliphatic hydroxyl groups is 1. The Kier molecular flexibility index (Phi) is 34.9. The average molecular weight is 798 g/mol. The molecule has 0 radical (unpaired) electrons. The van der Waals surface area contributed by atoms with Gasteiger partial charge in [0, 0.05) is 12.8 Å². The predicted molar refractivity (Wildman–Crippen MR) is 223 cm³/mol. The van der Waals surface area contributed by atoms with E-state index < -0.39 is 32.5 Å². The number of hydrogen-bond donors (Lipinski definition) is 1. The van der Waals surface area contributed by atoms with E-state index in [4.69, 9.17) is 18.5 Å². The summed E-state index contributed by atoms with van der Waals surface area (Å²) in [6, 6.07) is 0. The van der Waals surface area contributed by atoms with Crippen LogP contribution in [-0.4, -0.2) is 81.2 Å². The lowest BCUT2D eigenvalue weighted by Gasteiger charge is -2.28. The SMILES string of the molecule is CCCCCCCCCCCCCCCC(=O)OC[C@H](COP(=O)([O-])OCC[N+](C)(C)C)OC(=O)CCC/C=C\C/C=C\C/C=C\C/C=C\CC[C@H](O)CC. The van der Waals surface area contributed by atoms with Crippen LogP contribution in [0.3, 0.4) is 0 Å². The Balaban J connectivity index is 4.49. The molecule has 0 aromatic carbocycles.